The first-order chi connectivity index (χ1) is 17.3. The number of hydrogen-bond acceptors (Lipinski definition) is 6. The normalized spacial score (nSPS) is 14.9. The van der Waals surface area contributed by atoms with Crippen LogP contribution in [-0.2, 0) is 21.2 Å². The van der Waals surface area contributed by atoms with Gasteiger partial charge in [0.15, 0.2) is 6.10 Å². The molecule has 3 aromatic carbocycles. The fourth-order valence-corrected chi connectivity index (χ4v) is 4.86. The second-order valence-electron chi connectivity index (χ2n) is 8.09. The Morgan fingerprint density at radius 2 is 1.78 bits per heavy atom. The molecule has 10 heteroatoms. The summed E-state index contributed by atoms with van der Waals surface area (Å²) in [4.78, 5) is 27.8. The van der Waals surface area contributed by atoms with Crippen LogP contribution < -0.4 is 24.4 Å². The fraction of sp³-hybridized carbons (Fsp3) is 0.231. The fourth-order valence-electron chi connectivity index (χ4n) is 3.94. The summed E-state index contributed by atoms with van der Waals surface area (Å²) >= 11 is 0. The molecule has 0 saturated heterocycles. The minimum atomic E-state index is -3.88. The van der Waals surface area contributed by atoms with Crippen molar-refractivity contribution in [3.8, 4) is 11.5 Å². The second kappa shape index (κ2) is 10.8. The van der Waals surface area contributed by atoms with Crippen molar-refractivity contribution in [1.82, 2.24) is 10.0 Å². The highest BCUT2D eigenvalue weighted by atomic mass is 32.2. The van der Waals surface area contributed by atoms with E-state index in [9.17, 15) is 18.0 Å². The van der Waals surface area contributed by atoms with Crippen LogP contribution in [0.25, 0.3) is 0 Å². The van der Waals surface area contributed by atoms with Crippen molar-refractivity contribution in [2.24, 2.45) is 0 Å². The first-order valence-electron chi connectivity index (χ1n) is 11.3. The van der Waals surface area contributed by atoms with Crippen LogP contribution in [0.15, 0.2) is 77.7 Å². The molecule has 4 rings (SSSR count). The Labute approximate surface area is 210 Å². The SMILES string of the molecule is CNS(=O)(=O)c1cc(C(=O)N2CC(C(=O)NCCc3ccccc3)Oc3ccccc32)ccc1OC. The monoisotopic (exact) mass is 509 g/mol. The van der Waals surface area contributed by atoms with Crippen molar-refractivity contribution in [2.75, 3.05) is 32.1 Å². The summed E-state index contributed by atoms with van der Waals surface area (Å²) in [5.74, 6) is -0.315. The van der Waals surface area contributed by atoms with Gasteiger partial charge in [-0.3, -0.25) is 9.59 Å². The summed E-state index contributed by atoms with van der Waals surface area (Å²) in [7, 11) is -1.25. The molecular formula is C26H27N3O6S. The van der Waals surface area contributed by atoms with Crippen molar-refractivity contribution < 1.29 is 27.5 Å². The number of fused-ring (bicyclic) bond motifs is 1. The highest BCUT2D eigenvalue weighted by Crippen LogP contribution is 2.35. The molecule has 2 amide bonds. The Balaban J connectivity index is 1.57. The third-order valence-corrected chi connectivity index (χ3v) is 7.27. The molecule has 0 bridgehead atoms. The summed E-state index contributed by atoms with van der Waals surface area (Å²) in [5, 5.41) is 2.88. The van der Waals surface area contributed by atoms with Crippen molar-refractivity contribution in [1.29, 1.82) is 0 Å². The Kier molecular flexibility index (Phi) is 7.56. The lowest BCUT2D eigenvalue weighted by atomic mass is 10.1. The van der Waals surface area contributed by atoms with Gasteiger partial charge >= 0.3 is 0 Å². The van der Waals surface area contributed by atoms with Crippen LogP contribution >= 0.6 is 0 Å². The maximum Gasteiger partial charge on any atom is 0.262 e. The topological polar surface area (TPSA) is 114 Å². The minimum absolute atomic E-state index is 0.0346. The van der Waals surface area contributed by atoms with Crippen LogP contribution in [0.1, 0.15) is 15.9 Å². The first kappa shape index (κ1) is 25.2. The molecule has 2 N–H and O–H groups in total. The number of hydrogen-bond donors (Lipinski definition) is 2. The number of sulfonamides is 1. The molecule has 0 fully saturated rings. The van der Waals surface area contributed by atoms with E-state index < -0.39 is 22.0 Å². The van der Waals surface area contributed by atoms with Crippen molar-refractivity contribution in [2.45, 2.75) is 17.4 Å². The van der Waals surface area contributed by atoms with Gasteiger partial charge in [-0.1, -0.05) is 42.5 Å². The summed E-state index contributed by atoms with van der Waals surface area (Å²) in [5.41, 5.74) is 1.71. The van der Waals surface area contributed by atoms with E-state index in [1.54, 1.807) is 24.3 Å². The predicted octanol–water partition coefficient (Wildman–Crippen LogP) is 2.37. The number of methoxy groups -OCH3 is 1. The van der Waals surface area contributed by atoms with Gasteiger partial charge in [-0.2, -0.15) is 0 Å². The number of carbonyl (C=O) groups is 2. The Morgan fingerprint density at radius 3 is 2.50 bits per heavy atom. The second-order valence-corrected chi connectivity index (χ2v) is 9.94. The van der Waals surface area contributed by atoms with Crippen molar-refractivity contribution in [3.05, 3.63) is 83.9 Å². The van der Waals surface area contributed by atoms with Crippen LogP contribution in [0.2, 0.25) is 0 Å². The standard InChI is InChI=1S/C26H27N3O6S/c1-27-36(32,33)24-16-19(12-13-22(24)34-2)26(31)29-17-23(35-21-11-7-6-10-20(21)29)25(30)28-15-14-18-8-4-3-5-9-18/h3-13,16,23,27H,14-15,17H2,1-2H3,(H,28,30). The van der Waals surface area contributed by atoms with Crippen LogP contribution in [-0.4, -0.2) is 53.6 Å². The molecule has 1 atom stereocenters. The van der Waals surface area contributed by atoms with E-state index in [0.717, 1.165) is 5.56 Å². The van der Waals surface area contributed by atoms with Gasteiger partial charge in [0.1, 0.15) is 16.4 Å². The summed E-state index contributed by atoms with van der Waals surface area (Å²) in [6.07, 6.45) is -0.272. The summed E-state index contributed by atoms with van der Waals surface area (Å²) in [6.45, 7) is 0.384. The van der Waals surface area contributed by atoms with Crippen molar-refractivity contribution >= 4 is 27.5 Å². The number of nitrogens with zero attached hydrogens (tertiary/aromatic N) is 1. The Bertz CT molecular complexity index is 1360. The highest BCUT2D eigenvalue weighted by molar-refractivity contribution is 7.89. The molecule has 0 spiro atoms. The molecule has 1 unspecified atom stereocenters. The summed E-state index contributed by atoms with van der Waals surface area (Å²) < 4.78 is 38.3. The number of benzene rings is 3. The quantitative estimate of drug-likeness (QED) is 0.482. The molecule has 36 heavy (non-hydrogen) atoms. The Hall–Kier alpha value is -3.89. The number of anilines is 1. The van der Waals surface area contributed by atoms with E-state index in [0.29, 0.717) is 24.4 Å². The zero-order valence-corrected chi connectivity index (χ0v) is 20.7. The average molecular weight is 510 g/mol. The molecule has 0 aliphatic carbocycles. The average Bonchev–Trinajstić information content (AvgIpc) is 2.92. The first-order valence-corrected chi connectivity index (χ1v) is 12.8. The van der Waals surface area contributed by atoms with Crippen LogP contribution in [0, 0.1) is 0 Å². The molecule has 0 radical (unpaired) electrons. The molecule has 9 nitrogen and oxygen atoms in total. The lowest BCUT2D eigenvalue weighted by Crippen LogP contribution is -2.51. The van der Waals surface area contributed by atoms with Gasteiger partial charge in [-0.05, 0) is 49.4 Å². The maximum absolute atomic E-state index is 13.6. The zero-order chi connectivity index (χ0) is 25.7. The number of rotatable bonds is 8. The van der Waals surface area contributed by atoms with E-state index in [2.05, 4.69) is 10.0 Å². The van der Waals surface area contributed by atoms with Crippen LogP contribution in [0.3, 0.4) is 0 Å². The smallest absolute Gasteiger partial charge is 0.262 e. The van der Waals surface area contributed by atoms with E-state index >= 15 is 0 Å². The molecular weight excluding hydrogens is 482 g/mol. The molecule has 0 aromatic heterocycles. The Morgan fingerprint density at radius 1 is 1.06 bits per heavy atom. The molecule has 188 valence electrons. The lowest BCUT2D eigenvalue weighted by Gasteiger charge is -2.34. The van der Waals surface area contributed by atoms with E-state index in [1.807, 2.05) is 30.3 Å². The molecule has 1 heterocycles. The molecule has 1 aliphatic heterocycles. The number of amides is 2. The molecule has 3 aromatic rings. The highest BCUT2D eigenvalue weighted by Gasteiger charge is 2.34. The van der Waals surface area contributed by atoms with Gasteiger partial charge in [-0.15, -0.1) is 0 Å². The molecule has 0 saturated carbocycles. The predicted molar refractivity (Wildman–Crippen MR) is 135 cm³/mol. The number of ether oxygens (including phenoxy) is 2. The third kappa shape index (κ3) is 5.34. The largest absolute Gasteiger partial charge is 0.495 e. The van der Waals surface area contributed by atoms with E-state index in [4.69, 9.17) is 9.47 Å². The van der Waals surface area contributed by atoms with Gasteiger partial charge in [0, 0.05) is 12.1 Å². The number of nitrogens with one attached hydrogen (secondary N) is 2. The van der Waals surface area contributed by atoms with Gasteiger partial charge in [0.2, 0.25) is 10.0 Å². The van der Waals surface area contributed by atoms with Crippen LogP contribution in [0.4, 0.5) is 5.69 Å². The van der Waals surface area contributed by atoms with E-state index in [-0.39, 0.29) is 28.7 Å². The van der Waals surface area contributed by atoms with E-state index in [1.165, 1.54) is 37.3 Å². The van der Waals surface area contributed by atoms with Gasteiger partial charge < -0.3 is 19.7 Å². The zero-order valence-electron chi connectivity index (χ0n) is 19.9. The molecule has 1 aliphatic rings. The third-order valence-electron chi connectivity index (χ3n) is 5.84. The number of para-hydroxylation sites is 2. The van der Waals surface area contributed by atoms with Gasteiger partial charge in [0.05, 0.1) is 19.3 Å². The van der Waals surface area contributed by atoms with Gasteiger partial charge in [0.25, 0.3) is 11.8 Å². The maximum atomic E-state index is 13.6. The minimum Gasteiger partial charge on any atom is -0.495 e. The van der Waals surface area contributed by atoms with Crippen molar-refractivity contribution in [3.63, 3.8) is 0 Å². The summed E-state index contributed by atoms with van der Waals surface area (Å²) in [6, 6.07) is 20.9. The van der Waals surface area contributed by atoms with Crippen LogP contribution in [0.5, 0.6) is 11.5 Å². The lowest BCUT2D eigenvalue weighted by molar-refractivity contribution is -0.127. The van der Waals surface area contributed by atoms with Gasteiger partial charge in [-0.25, -0.2) is 13.1 Å². The number of carbonyl (C=O) groups excluding carboxylic acids is 2.